The van der Waals surface area contributed by atoms with Gasteiger partial charge < -0.3 is 10.4 Å². The van der Waals surface area contributed by atoms with E-state index in [-0.39, 0.29) is 17.6 Å². The van der Waals surface area contributed by atoms with Crippen LogP contribution in [-0.4, -0.2) is 11.0 Å². The molecule has 4 rings (SSSR count). The van der Waals surface area contributed by atoms with Crippen LogP contribution in [0.1, 0.15) is 24.8 Å². The van der Waals surface area contributed by atoms with Crippen LogP contribution in [-0.2, 0) is 4.79 Å². The highest BCUT2D eigenvalue weighted by Gasteiger charge is 2.67. The first kappa shape index (κ1) is 11.3. The molecule has 0 heterocycles. The summed E-state index contributed by atoms with van der Waals surface area (Å²) in [4.78, 5) is 12.3. The second-order valence-electron chi connectivity index (χ2n) is 6.52. The zero-order valence-corrected chi connectivity index (χ0v) is 11.1. The lowest BCUT2D eigenvalue weighted by Gasteiger charge is -2.11. The topological polar surface area (TPSA) is 49.3 Å². The normalized spacial score (nSPS) is 38.1. The van der Waals surface area contributed by atoms with Crippen LogP contribution in [0.2, 0.25) is 0 Å². The first-order valence-electron chi connectivity index (χ1n) is 7.25. The summed E-state index contributed by atoms with van der Waals surface area (Å²) in [6.45, 7) is 1.92. The molecule has 4 unspecified atom stereocenters. The van der Waals surface area contributed by atoms with Gasteiger partial charge in [-0.25, -0.2) is 0 Å². The van der Waals surface area contributed by atoms with Crippen LogP contribution in [0.3, 0.4) is 0 Å². The maximum absolute atomic E-state index is 12.3. The smallest absolute Gasteiger partial charge is 0.228 e. The molecule has 0 aliphatic heterocycles. The molecule has 0 spiro atoms. The molecule has 0 aromatic heterocycles. The lowest BCUT2D eigenvalue weighted by atomic mass is 10.0. The number of nitrogens with one attached hydrogen (secondary N) is 1. The van der Waals surface area contributed by atoms with Gasteiger partial charge in [-0.15, -0.1) is 0 Å². The molecule has 3 heteroatoms. The van der Waals surface area contributed by atoms with Crippen LogP contribution in [0.15, 0.2) is 18.2 Å². The zero-order chi connectivity index (χ0) is 13.1. The van der Waals surface area contributed by atoms with Crippen molar-refractivity contribution in [2.24, 2.45) is 29.6 Å². The van der Waals surface area contributed by atoms with Gasteiger partial charge in [-0.05, 0) is 67.6 Å². The van der Waals surface area contributed by atoms with Crippen molar-refractivity contribution < 1.29 is 9.90 Å². The Labute approximate surface area is 113 Å². The fraction of sp³-hybridized carbons (Fsp3) is 0.562. The van der Waals surface area contributed by atoms with Crippen molar-refractivity contribution in [2.75, 3.05) is 5.32 Å². The van der Waals surface area contributed by atoms with Crippen molar-refractivity contribution >= 4 is 11.6 Å². The van der Waals surface area contributed by atoms with Crippen molar-refractivity contribution in [3.05, 3.63) is 23.8 Å². The average Bonchev–Trinajstić information content (AvgIpc) is 2.82. The molecule has 3 fully saturated rings. The molecule has 3 saturated carbocycles. The van der Waals surface area contributed by atoms with E-state index in [1.165, 1.54) is 19.3 Å². The van der Waals surface area contributed by atoms with Gasteiger partial charge in [-0.1, -0.05) is 6.07 Å². The first-order valence-corrected chi connectivity index (χ1v) is 7.25. The number of hydrogen-bond acceptors (Lipinski definition) is 2. The van der Waals surface area contributed by atoms with E-state index >= 15 is 0 Å². The number of amides is 1. The second kappa shape index (κ2) is 3.75. The molecule has 2 bridgehead atoms. The third-order valence-electron chi connectivity index (χ3n) is 5.45. The van der Waals surface area contributed by atoms with E-state index in [9.17, 15) is 9.90 Å². The fourth-order valence-electron chi connectivity index (χ4n) is 4.64. The van der Waals surface area contributed by atoms with Crippen LogP contribution in [0.25, 0.3) is 0 Å². The van der Waals surface area contributed by atoms with E-state index in [4.69, 9.17) is 0 Å². The summed E-state index contributed by atoms with van der Waals surface area (Å²) >= 11 is 0. The number of rotatable bonds is 2. The predicted octanol–water partition coefficient (Wildman–Crippen LogP) is 2.93. The van der Waals surface area contributed by atoms with Crippen LogP contribution in [0.4, 0.5) is 5.69 Å². The summed E-state index contributed by atoms with van der Waals surface area (Å²) in [6, 6.07) is 5.38. The van der Waals surface area contributed by atoms with Crippen LogP contribution in [0.5, 0.6) is 5.75 Å². The van der Waals surface area contributed by atoms with Crippen molar-refractivity contribution in [3.63, 3.8) is 0 Å². The molecule has 3 nitrogen and oxygen atoms in total. The quantitative estimate of drug-likeness (QED) is 0.800. The summed E-state index contributed by atoms with van der Waals surface area (Å²) < 4.78 is 0. The fourth-order valence-corrected chi connectivity index (χ4v) is 4.64. The molecule has 1 amide bonds. The van der Waals surface area contributed by atoms with Gasteiger partial charge in [0.15, 0.2) is 0 Å². The van der Waals surface area contributed by atoms with E-state index < -0.39 is 0 Å². The number of hydrogen-bond donors (Lipinski definition) is 2. The Kier molecular flexibility index (Phi) is 2.23. The average molecular weight is 257 g/mol. The summed E-state index contributed by atoms with van der Waals surface area (Å²) in [7, 11) is 0. The molecule has 100 valence electrons. The predicted molar refractivity (Wildman–Crippen MR) is 72.8 cm³/mol. The van der Waals surface area contributed by atoms with E-state index in [0.717, 1.165) is 17.4 Å². The number of anilines is 1. The number of aryl methyl sites for hydroxylation is 1. The van der Waals surface area contributed by atoms with Crippen LogP contribution >= 0.6 is 0 Å². The minimum atomic E-state index is 0.116. The maximum atomic E-state index is 12.3. The van der Waals surface area contributed by atoms with E-state index in [2.05, 4.69) is 5.32 Å². The number of carbonyl (C=O) groups excluding carboxylic acids is 1. The Bertz CT molecular complexity index is 538. The molecule has 3 aliphatic carbocycles. The number of fused-ring (bicyclic) bond motifs is 5. The second-order valence-corrected chi connectivity index (χ2v) is 6.52. The Morgan fingerprint density at radius 3 is 2.58 bits per heavy atom. The van der Waals surface area contributed by atoms with E-state index in [1.54, 1.807) is 12.1 Å². The zero-order valence-electron chi connectivity index (χ0n) is 11.1. The first-order chi connectivity index (χ1) is 9.15. The standard InChI is InChI=1S/C16H19NO2/c1-8-2-5-11(12(18)6-8)17-16(19)15-13-9-3-4-10(7-9)14(13)15/h2,5-6,9-10,13-15,18H,3-4,7H2,1H3,(H,17,19). The van der Waals surface area contributed by atoms with E-state index in [0.29, 0.717) is 17.5 Å². The van der Waals surface area contributed by atoms with Gasteiger partial charge in [0.05, 0.1) is 5.69 Å². The van der Waals surface area contributed by atoms with Gasteiger partial charge in [-0.2, -0.15) is 0 Å². The number of phenols is 1. The summed E-state index contributed by atoms with van der Waals surface area (Å²) in [6.07, 6.45) is 4.01. The van der Waals surface area contributed by atoms with Crippen molar-refractivity contribution in [2.45, 2.75) is 26.2 Å². The molecule has 0 radical (unpaired) electrons. The summed E-state index contributed by atoms with van der Waals surface area (Å²) in [5.41, 5.74) is 1.55. The van der Waals surface area contributed by atoms with Gasteiger partial charge >= 0.3 is 0 Å². The molecule has 3 aliphatic rings. The Balaban J connectivity index is 1.48. The number of aromatic hydroxyl groups is 1. The number of benzene rings is 1. The number of phenolic OH excluding ortho intramolecular Hbond substituents is 1. The summed E-state index contributed by atoms with van der Waals surface area (Å²) in [5.74, 6) is 3.40. The van der Waals surface area contributed by atoms with E-state index in [1.807, 2.05) is 13.0 Å². The summed E-state index contributed by atoms with van der Waals surface area (Å²) in [5, 5.41) is 12.8. The third-order valence-corrected chi connectivity index (χ3v) is 5.45. The third kappa shape index (κ3) is 1.60. The SMILES string of the molecule is Cc1ccc(NC(=O)C2C3C4CCC(C4)C23)c(O)c1. The molecule has 1 aromatic carbocycles. The highest BCUT2D eigenvalue weighted by atomic mass is 16.3. The minimum Gasteiger partial charge on any atom is -0.506 e. The van der Waals surface area contributed by atoms with Gasteiger partial charge in [-0.3, -0.25) is 4.79 Å². The Morgan fingerprint density at radius 1 is 1.26 bits per heavy atom. The molecule has 0 saturated heterocycles. The van der Waals surface area contributed by atoms with Crippen molar-refractivity contribution in [1.82, 2.24) is 0 Å². The minimum absolute atomic E-state index is 0.116. The molecule has 19 heavy (non-hydrogen) atoms. The Hall–Kier alpha value is -1.51. The highest BCUT2D eigenvalue weighted by molar-refractivity contribution is 5.96. The molecule has 4 atom stereocenters. The van der Waals surface area contributed by atoms with Crippen LogP contribution < -0.4 is 5.32 Å². The monoisotopic (exact) mass is 257 g/mol. The Morgan fingerprint density at radius 2 is 1.95 bits per heavy atom. The van der Waals surface area contributed by atoms with Gasteiger partial charge in [0.25, 0.3) is 0 Å². The van der Waals surface area contributed by atoms with Gasteiger partial charge in [0.1, 0.15) is 5.75 Å². The number of carbonyl (C=O) groups is 1. The molecule has 1 aromatic rings. The van der Waals surface area contributed by atoms with Gasteiger partial charge in [0.2, 0.25) is 5.91 Å². The molecular formula is C16H19NO2. The van der Waals surface area contributed by atoms with Gasteiger partial charge in [0, 0.05) is 5.92 Å². The molecule has 2 N–H and O–H groups in total. The lowest BCUT2D eigenvalue weighted by Crippen LogP contribution is -2.18. The lowest BCUT2D eigenvalue weighted by molar-refractivity contribution is -0.118. The van der Waals surface area contributed by atoms with Crippen molar-refractivity contribution in [3.8, 4) is 5.75 Å². The van der Waals surface area contributed by atoms with Crippen molar-refractivity contribution in [1.29, 1.82) is 0 Å². The maximum Gasteiger partial charge on any atom is 0.228 e. The largest absolute Gasteiger partial charge is 0.506 e. The highest BCUT2D eigenvalue weighted by Crippen LogP contribution is 2.69. The molecular weight excluding hydrogens is 238 g/mol. The van der Waals surface area contributed by atoms with Crippen LogP contribution in [0, 0.1) is 36.5 Å².